The van der Waals surface area contributed by atoms with E-state index in [1.54, 1.807) is 6.20 Å². The van der Waals surface area contributed by atoms with Gasteiger partial charge in [-0.3, -0.25) is 4.98 Å². The van der Waals surface area contributed by atoms with Crippen LogP contribution in [0.1, 0.15) is 17.7 Å². The summed E-state index contributed by atoms with van der Waals surface area (Å²) in [6.07, 6.45) is 2.82. The number of hydrogen-bond acceptors (Lipinski definition) is 4. The van der Waals surface area contributed by atoms with Crippen LogP contribution in [0.2, 0.25) is 0 Å². The molecule has 0 amide bonds. The number of hydrogen-bond donors (Lipinski definition) is 1. The van der Waals surface area contributed by atoms with Gasteiger partial charge in [0.1, 0.15) is 5.75 Å². The maximum absolute atomic E-state index is 5.79. The van der Waals surface area contributed by atoms with Crippen LogP contribution < -0.4 is 15.4 Å². The van der Waals surface area contributed by atoms with Gasteiger partial charge in [0, 0.05) is 25.8 Å². The van der Waals surface area contributed by atoms with Crippen LogP contribution in [0.25, 0.3) is 0 Å². The number of benzene rings is 1. The highest BCUT2D eigenvalue weighted by atomic mass is 16.5. The smallest absolute Gasteiger partial charge is 0.142 e. The van der Waals surface area contributed by atoms with Gasteiger partial charge in [0.05, 0.1) is 18.0 Å². The Bertz CT molecular complexity index is 585. The molecule has 1 aromatic heterocycles. The summed E-state index contributed by atoms with van der Waals surface area (Å²) in [5, 5.41) is 0. The molecule has 0 saturated carbocycles. The third kappa shape index (κ3) is 2.60. The number of pyridine rings is 1. The van der Waals surface area contributed by atoms with E-state index in [1.165, 1.54) is 5.56 Å². The monoisotopic (exact) mass is 269 g/mol. The van der Waals surface area contributed by atoms with E-state index in [1.807, 2.05) is 24.3 Å². The zero-order valence-electron chi connectivity index (χ0n) is 11.5. The van der Waals surface area contributed by atoms with Crippen molar-refractivity contribution in [1.29, 1.82) is 0 Å². The maximum atomic E-state index is 5.79. The number of nitrogens with two attached hydrogens (primary N) is 1. The molecule has 1 aliphatic heterocycles. The average Bonchev–Trinajstić information content (AvgIpc) is 2.71. The van der Waals surface area contributed by atoms with E-state index in [2.05, 4.69) is 22.0 Å². The number of fused-ring (bicyclic) bond motifs is 1. The first-order chi connectivity index (χ1) is 9.88. The van der Waals surface area contributed by atoms with Gasteiger partial charge < -0.3 is 15.4 Å². The molecule has 2 N–H and O–H groups in total. The Morgan fingerprint density at radius 2 is 2.10 bits per heavy atom. The van der Waals surface area contributed by atoms with Crippen LogP contribution >= 0.6 is 0 Å². The molecule has 3 rings (SSSR count). The lowest BCUT2D eigenvalue weighted by atomic mass is 10.1. The molecule has 4 heteroatoms. The van der Waals surface area contributed by atoms with E-state index < -0.39 is 0 Å². The van der Waals surface area contributed by atoms with Gasteiger partial charge in [-0.05, 0) is 30.2 Å². The Morgan fingerprint density at radius 3 is 3.00 bits per heavy atom. The predicted molar refractivity (Wildman–Crippen MR) is 79.7 cm³/mol. The van der Waals surface area contributed by atoms with Crippen molar-refractivity contribution in [3.8, 4) is 5.75 Å². The van der Waals surface area contributed by atoms with Crippen molar-refractivity contribution < 1.29 is 4.74 Å². The van der Waals surface area contributed by atoms with Crippen LogP contribution in [0.3, 0.4) is 0 Å². The molecule has 0 saturated heterocycles. The van der Waals surface area contributed by atoms with E-state index in [0.717, 1.165) is 43.2 Å². The second-order valence-electron chi connectivity index (χ2n) is 4.90. The first-order valence-corrected chi connectivity index (χ1v) is 6.98. The first kappa shape index (κ1) is 12.9. The number of anilines is 1. The Kier molecular flexibility index (Phi) is 3.83. The molecule has 1 aromatic carbocycles. The number of para-hydroxylation sites is 2. The first-order valence-electron chi connectivity index (χ1n) is 6.98. The second kappa shape index (κ2) is 5.92. The zero-order valence-corrected chi connectivity index (χ0v) is 11.5. The van der Waals surface area contributed by atoms with Crippen molar-refractivity contribution in [2.75, 3.05) is 18.1 Å². The molecule has 0 radical (unpaired) electrons. The summed E-state index contributed by atoms with van der Waals surface area (Å²) in [6, 6.07) is 12.3. The summed E-state index contributed by atoms with van der Waals surface area (Å²) in [5.41, 5.74) is 9.08. The quantitative estimate of drug-likeness (QED) is 0.929. The van der Waals surface area contributed by atoms with Crippen LogP contribution in [-0.2, 0) is 13.1 Å². The number of aromatic nitrogens is 1. The summed E-state index contributed by atoms with van der Waals surface area (Å²) in [5.74, 6) is 0.961. The highest BCUT2D eigenvalue weighted by Gasteiger charge is 2.17. The van der Waals surface area contributed by atoms with Crippen LogP contribution in [0.15, 0.2) is 42.6 Å². The minimum absolute atomic E-state index is 0.474. The Hall–Kier alpha value is -2.07. The van der Waals surface area contributed by atoms with Gasteiger partial charge in [-0.25, -0.2) is 0 Å². The Morgan fingerprint density at radius 1 is 1.20 bits per heavy atom. The summed E-state index contributed by atoms with van der Waals surface area (Å²) >= 11 is 0. The molecule has 0 spiro atoms. The van der Waals surface area contributed by atoms with Gasteiger partial charge in [-0.2, -0.15) is 0 Å². The normalized spacial score (nSPS) is 14.3. The molecule has 2 aromatic rings. The highest BCUT2D eigenvalue weighted by Crippen LogP contribution is 2.31. The minimum atomic E-state index is 0.474. The molecule has 0 bridgehead atoms. The fourth-order valence-electron chi connectivity index (χ4n) is 2.57. The SMILES string of the molecule is NCc1ncccc1CN1CCCOc2ccccc21. The molecule has 0 aliphatic carbocycles. The third-order valence-corrected chi connectivity index (χ3v) is 3.57. The molecule has 0 fully saturated rings. The van der Waals surface area contributed by atoms with Gasteiger partial charge in [-0.15, -0.1) is 0 Å². The van der Waals surface area contributed by atoms with Crippen molar-refractivity contribution in [3.05, 3.63) is 53.9 Å². The molecular formula is C16H19N3O. The van der Waals surface area contributed by atoms with Crippen LogP contribution in [0.5, 0.6) is 5.75 Å². The topological polar surface area (TPSA) is 51.4 Å². The van der Waals surface area contributed by atoms with Crippen LogP contribution in [0.4, 0.5) is 5.69 Å². The van der Waals surface area contributed by atoms with E-state index in [0.29, 0.717) is 6.54 Å². The van der Waals surface area contributed by atoms with Crippen LogP contribution in [-0.4, -0.2) is 18.1 Å². The molecule has 1 aliphatic rings. The standard InChI is InChI=1S/C16H19N3O/c17-11-14-13(5-3-8-18-14)12-19-9-4-10-20-16-7-2-1-6-15(16)19/h1-3,5-8H,4,9-12,17H2. The van der Waals surface area contributed by atoms with Crippen molar-refractivity contribution in [1.82, 2.24) is 4.98 Å². The van der Waals surface area contributed by atoms with Gasteiger partial charge in [-0.1, -0.05) is 18.2 Å². The summed E-state index contributed by atoms with van der Waals surface area (Å²) in [7, 11) is 0. The van der Waals surface area contributed by atoms with Gasteiger partial charge >= 0.3 is 0 Å². The van der Waals surface area contributed by atoms with Crippen molar-refractivity contribution in [2.24, 2.45) is 5.73 Å². The Balaban J connectivity index is 1.90. The van der Waals surface area contributed by atoms with Gasteiger partial charge in [0.15, 0.2) is 0 Å². The van der Waals surface area contributed by atoms with E-state index >= 15 is 0 Å². The fraction of sp³-hybridized carbons (Fsp3) is 0.312. The lowest BCUT2D eigenvalue weighted by Crippen LogP contribution is -2.24. The maximum Gasteiger partial charge on any atom is 0.142 e. The van der Waals surface area contributed by atoms with Crippen molar-refractivity contribution in [2.45, 2.75) is 19.5 Å². The largest absolute Gasteiger partial charge is 0.491 e. The summed E-state index contributed by atoms with van der Waals surface area (Å²) < 4.78 is 5.79. The molecule has 0 unspecified atom stereocenters. The lowest BCUT2D eigenvalue weighted by Gasteiger charge is -2.24. The fourth-order valence-corrected chi connectivity index (χ4v) is 2.57. The molecule has 0 atom stereocenters. The molecule has 104 valence electrons. The van der Waals surface area contributed by atoms with Gasteiger partial charge in [0.2, 0.25) is 0 Å². The lowest BCUT2D eigenvalue weighted by molar-refractivity contribution is 0.322. The second-order valence-corrected chi connectivity index (χ2v) is 4.90. The molecule has 2 heterocycles. The third-order valence-electron chi connectivity index (χ3n) is 3.57. The van der Waals surface area contributed by atoms with Crippen molar-refractivity contribution in [3.63, 3.8) is 0 Å². The molecule has 20 heavy (non-hydrogen) atoms. The highest BCUT2D eigenvalue weighted by molar-refractivity contribution is 5.59. The molecule has 4 nitrogen and oxygen atoms in total. The summed E-state index contributed by atoms with van der Waals surface area (Å²) in [4.78, 5) is 6.70. The Labute approximate surface area is 119 Å². The average molecular weight is 269 g/mol. The van der Waals surface area contributed by atoms with E-state index in [9.17, 15) is 0 Å². The number of ether oxygens (including phenoxy) is 1. The van der Waals surface area contributed by atoms with Crippen LogP contribution in [0, 0.1) is 0 Å². The number of rotatable bonds is 3. The predicted octanol–water partition coefficient (Wildman–Crippen LogP) is 2.33. The minimum Gasteiger partial charge on any atom is -0.491 e. The van der Waals surface area contributed by atoms with E-state index in [4.69, 9.17) is 10.5 Å². The number of nitrogens with zero attached hydrogens (tertiary/aromatic N) is 2. The molecular weight excluding hydrogens is 250 g/mol. The van der Waals surface area contributed by atoms with Crippen molar-refractivity contribution >= 4 is 5.69 Å². The van der Waals surface area contributed by atoms with E-state index in [-0.39, 0.29) is 0 Å². The zero-order chi connectivity index (χ0) is 13.8. The van der Waals surface area contributed by atoms with Gasteiger partial charge in [0.25, 0.3) is 0 Å². The summed E-state index contributed by atoms with van der Waals surface area (Å²) in [6.45, 7) is 3.04.